The van der Waals surface area contributed by atoms with Crippen molar-refractivity contribution in [3.05, 3.63) is 22.9 Å². The first-order valence-electron chi connectivity index (χ1n) is 9.93. The van der Waals surface area contributed by atoms with Crippen molar-refractivity contribution in [2.75, 3.05) is 31.6 Å². The Labute approximate surface area is 145 Å². The van der Waals surface area contributed by atoms with Gasteiger partial charge in [0.1, 0.15) is 5.82 Å². The molecular weight excluding hydrogens is 298 g/mol. The van der Waals surface area contributed by atoms with Crippen molar-refractivity contribution in [2.24, 2.45) is 11.8 Å². The Morgan fingerprint density at radius 3 is 2.88 bits per heavy atom. The van der Waals surface area contributed by atoms with E-state index >= 15 is 0 Å². The van der Waals surface area contributed by atoms with Crippen molar-refractivity contribution in [2.45, 2.75) is 57.5 Å². The van der Waals surface area contributed by atoms with Crippen molar-refractivity contribution < 1.29 is 4.74 Å². The van der Waals surface area contributed by atoms with Gasteiger partial charge in [0.2, 0.25) is 0 Å². The van der Waals surface area contributed by atoms with E-state index in [1.165, 1.54) is 49.8 Å². The van der Waals surface area contributed by atoms with Crippen LogP contribution in [0.1, 0.15) is 48.9 Å². The van der Waals surface area contributed by atoms with Crippen molar-refractivity contribution in [1.29, 1.82) is 0 Å². The first-order valence-corrected chi connectivity index (χ1v) is 9.93. The summed E-state index contributed by atoms with van der Waals surface area (Å²) in [5.74, 6) is 3.03. The largest absolute Gasteiger partial charge is 0.379 e. The molecule has 2 bridgehead atoms. The molecule has 1 saturated heterocycles. The van der Waals surface area contributed by atoms with E-state index in [9.17, 15) is 0 Å². The van der Waals surface area contributed by atoms with Gasteiger partial charge in [0.15, 0.2) is 0 Å². The zero-order valence-corrected chi connectivity index (χ0v) is 14.6. The number of nitrogens with zero attached hydrogens (tertiary/aromatic N) is 2. The van der Waals surface area contributed by atoms with Gasteiger partial charge in [0.05, 0.1) is 13.2 Å². The lowest BCUT2D eigenvalue weighted by Gasteiger charge is -2.28. The molecule has 4 nitrogen and oxygen atoms in total. The van der Waals surface area contributed by atoms with Crippen molar-refractivity contribution >= 4 is 5.82 Å². The molecule has 24 heavy (non-hydrogen) atoms. The molecule has 0 unspecified atom stereocenters. The second-order valence-electron chi connectivity index (χ2n) is 8.26. The second-order valence-corrected chi connectivity index (χ2v) is 8.26. The number of rotatable bonds is 4. The predicted molar refractivity (Wildman–Crippen MR) is 95.2 cm³/mol. The Morgan fingerprint density at radius 2 is 2.08 bits per heavy atom. The van der Waals surface area contributed by atoms with E-state index in [0.29, 0.717) is 6.04 Å². The average Bonchev–Trinajstić information content (AvgIpc) is 3.32. The van der Waals surface area contributed by atoms with Crippen LogP contribution in [-0.2, 0) is 24.1 Å². The molecule has 2 saturated carbocycles. The highest BCUT2D eigenvalue weighted by atomic mass is 16.5. The standard InChI is InChI=1S/C20H29N3O/c1-2-17-16(13-23-6-8-24-9-7-23)12-20(21-18(17)3-1)22-19-11-14-4-5-15(19)10-14/h12,14-15,19H,1-11,13H2,(H,21,22)/t14-,15+,19+/m0/s1. The van der Waals surface area contributed by atoms with Crippen molar-refractivity contribution in [1.82, 2.24) is 9.88 Å². The third kappa shape index (κ3) is 2.84. The molecule has 5 rings (SSSR count). The van der Waals surface area contributed by atoms with E-state index in [0.717, 1.165) is 56.9 Å². The number of aryl methyl sites for hydroxylation is 1. The third-order valence-corrected chi connectivity index (χ3v) is 6.71. The van der Waals surface area contributed by atoms with Gasteiger partial charge in [-0.2, -0.15) is 0 Å². The zero-order chi connectivity index (χ0) is 15.9. The fourth-order valence-electron chi connectivity index (χ4n) is 5.45. The molecule has 0 amide bonds. The summed E-state index contributed by atoms with van der Waals surface area (Å²) in [6.45, 7) is 4.95. The highest BCUT2D eigenvalue weighted by Gasteiger charge is 2.39. The Kier molecular flexibility index (Phi) is 3.98. The number of nitrogens with one attached hydrogen (secondary N) is 1. The van der Waals surface area contributed by atoms with Crippen LogP contribution >= 0.6 is 0 Å². The van der Waals surface area contributed by atoms with Gasteiger partial charge in [-0.3, -0.25) is 4.90 Å². The van der Waals surface area contributed by atoms with Crippen LogP contribution in [0, 0.1) is 11.8 Å². The number of anilines is 1. The molecule has 0 spiro atoms. The van der Waals surface area contributed by atoms with E-state index < -0.39 is 0 Å². The molecule has 0 aromatic carbocycles. The van der Waals surface area contributed by atoms with Gasteiger partial charge in [-0.1, -0.05) is 6.42 Å². The molecule has 0 radical (unpaired) electrons. The minimum atomic E-state index is 0.673. The lowest BCUT2D eigenvalue weighted by atomic mass is 9.95. The fourth-order valence-corrected chi connectivity index (χ4v) is 5.45. The summed E-state index contributed by atoms with van der Waals surface area (Å²) in [6.07, 6.45) is 9.35. The van der Waals surface area contributed by atoms with Crippen LogP contribution in [0.3, 0.4) is 0 Å². The topological polar surface area (TPSA) is 37.4 Å². The van der Waals surface area contributed by atoms with E-state index in [4.69, 9.17) is 9.72 Å². The molecule has 3 fully saturated rings. The Bertz CT molecular complexity index is 611. The van der Waals surface area contributed by atoms with Gasteiger partial charge in [-0.05, 0) is 67.6 Å². The SMILES string of the molecule is c1c(N[C@@H]2C[C@H]3CC[C@@H]2C3)nc2c(c1CN1CCOCC1)CCC2. The molecule has 130 valence electrons. The van der Waals surface area contributed by atoms with Crippen LogP contribution < -0.4 is 5.32 Å². The smallest absolute Gasteiger partial charge is 0.126 e. The first kappa shape index (κ1) is 15.2. The lowest BCUT2D eigenvalue weighted by Crippen LogP contribution is -2.36. The molecular formula is C20H29N3O. The highest BCUT2D eigenvalue weighted by Crippen LogP contribution is 2.45. The number of fused-ring (bicyclic) bond motifs is 3. The van der Waals surface area contributed by atoms with Crippen LogP contribution in [-0.4, -0.2) is 42.2 Å². The molecule has 3 atom stereocenters. The molecule has 4 heteroatoms. The molecule has 4 aliphatic rings. The van der Waals surface area contributed by atoms with Gasteiger partial charge in [-0.25, -0.2) is 4.98 Å². The van der Waals surface area contributed by atoms with Crippen LogP contribution in [0.4, 0.5) is 5.82 Å². The van der Waals surface area contributed by atoms with Crippen LogP contribution in [0.2, 0.25) is 0 Å². The van der Waals surface area contributed by atoms with Gasteiger partial charge in [0.25, 0.3) is 0 Å². The molecule has 1 aromatic heterocycles. The van der Waals surface area contributed by atoms with E-state index in [2.05, 4.69) is 16.3 Å². The van der Waals surface area contributed by atoms with Crippen LogP contribution in [0.25, 0.3) is 0 Å². The fraction of sp³-hybridized carbons (Fsp3) is 0.750. The number of pyridine rings is 1. The quantitative estimate of drug-likeness (QED) is 0.922. The lowest BCUT2D eigenvalue weighted by molar-refractivity contribution is 0.0341. The highest BCUT2D eigenvalue weighted by molar-refractivity contribution is 5.47. The summed E-state index contributed by atoms with van der Waals surface area (Å²) in [5.41, 5.74) is 4.43. The number of morpholine rings is 1. The summed E-state index contributed by atoms with van der Waals surface area (Å²) in [7, 11) is 0. The number of aromatic nitrogens is 1. The first-order chi connectivity index (χ1) is 11.8. The maximum absolute atomic E-state index is 5.50. The van der Waals surface area contributed by atoms with E-state index in [-0.39, 0.29) is 0 Å². The van der Waals surface area contributed by atoms with Gasteiger partial charge < -0.3 is 10.1 Å². The van der Waals surface area contributed by atoms with Crippen LogP contribution in [0.15, 0.2) is 6.07 Å². The number of ether oxygens (including phenoxy) is 1. The molecule has 3 aliphatic carbocycles. The molecule has 1 aromatic rings. The minimum absolute atomic E-state index is 0.673. The maximum Gasteiger partial charge on any atom is 0.126 e. The van der Waals surface area contributed by atoms with E-state index in [1.807, 2.05) is 0 Å². The van der Waals surface area contributed by atoms with Crippen LogP contribution in [0.5, 0.6) is 0 Å². The molecule has 2 heterocycles. The monoisotopic (exact) mass is 327 g/mol. The normalized spacial score (nSPS) is 32.2. The summed E-state index contributed by atoms with van der Waals surface area (Å²) >= 11 is 0. The Balaban J connectivity index is 1.36. The predicted octanol–water partition coefficient (Wildman–Crippen LogP) is 3.00. The Morgan fingerprint density at radius 1 is 1.17 bits per heavy atom. The van der Waals surface area contributed by atoms with Crippen molar-refractivity contribution in [3.8, 4) is 0 Å². The summed E-state index contributed by atoms with van der Waals surface area (Å²) in [6, 6.07) is 3.04. The minimum Gasteiger partial charge on any atom is -0.379 e. The van der Waals surface area contributed by atoms with Gasteiger partial charge in [-0.15, -0.1) is 0 Å². The average molecular weight is 327 g/mol. The molecule has 1 aliphatic heterocycles. The Hall–Kier alpha value is -1.13. The zero-order valence-electron chi connectivity index (χ0n) is 14.6. The van der Waals surface area contributed by atoms with Gasteiger partial charge in [0, 0.05) is 31.4 Å². The van der Waals surface area contributed by atoms with Crippen molar-refractivity contribution in [3.63, 3.8) is 0 Å². The van der Waals surface area contributed by atoms with Gasteiger partial charge >= 0.3 is 0 Å². The number of hydrogen-bond acceptors (Lipinski definition) is 4. The summed E-state index contributed by atoms with van der Waals surface area (Å²) in [4.78, 5) is 7.54. The third-order valence-electron chi connectivity index (χ3n) is 6.71. The second kappa shape index (κ2) is 6.30. The summed E-state index contributed by atoms with van der Waals surface area (Å²) < 4.78 is 5.50. The maximum atomic E-state index is 5.50. The molecule has 1 N–H and O–H groups in total. The number of hydrogen-bond donors (Lipinski definition) is 1. The summed E-state index contributed by atoms with van der Waals surface area (Å²) in [5, 5.41) is 3.83. The van der Waals surface area contributed by atoms with E-state index in [1.54, 1.807) is 5.56 Å².